The number of carbonyl (C=O) groups is 2. The van der Waals surface area contributed by atoms with Gasteiger partial charge in [0.1, 0.15) is 5.57 Å². The molecule has 4 nitrogen and oxygen atoms in total. The summed E-state index contributed by atoms with van der Waals surface area (Å²) in [5.41, 5.74) is -0.782. The molecule has 1 N–H and O–H groups in total. The molecule has 1 unspecified atom stereocenters. The average Bonchev–Trinajstić information content (AvgIpc) is 2.34. The molecule has 1 rings (SSSR count). The zero-order valence-corrected chi connectivity index (χ0v) is 10.2. The number of Topliss-reactive ketones (excluding diaryl/α,β-unsaturated/α-hetero) is 1. The Bertz CT molecular complexity index is 352. The Hall–Kier alpha value is -1.16. The van der Waals surface area contributed by atoms with Crippen molar-refractivity contribution in [3.05, 3.63) is 11.1 Å². The lowest BCUT2D eigenvalue weighted by Gasteiger charge is -2.25. The number of ether oxygens (including phenoxy) is 1. The highest BCUT2D eigenvalue weighted by Gasteiger charge is 2.49. The van der Waals surface area contributed by atoms with Gasteiger partial charge in [-0.2, -0.15) is 0 Å². The van der Waals surface area contributed by atoms with Crippen molar-refractivity contribution in [3.8, 4) is 0 Å². The molecule has 90 valence electrons. The van der Waals surface area contributed by atoms with Crippen molar-refractivity contribution < 1.29 is 19.4 Å². The summed E-state index contributed by atoms with van der Waals surface area (Å²) in [6.45, 7) is 6.91. The van der Waals surface area contributed by atoms with Crippen LogP contribution in [0.4, 0.5) is 0 Å². The van der Waals surface area contributed by atoms with Crippen LogP contribution in [0.3, 0.4) is 0 Å². The summed E-state index contributed by atoms with van der Waals surface area (Å²) in [5.74, 6) is -1.46. The minimum Gasteiger partial charge on any atom is -0.462 e. The lowest BCUT2D eigenvalue weighted by molar-refractivity contribution is -0.140. The highest BCUT2D eigenvalue weighted by molar-refractivity contribution is 6.21. The van der Waals surface area contributed by atoms with E-state index < -0.39 is 17.5 Å². The summed E-state index contributed by atoms with van der Waals surface area (Å²) in [7, 11) is 0. The quantitative estimate of drug-likeness (QED) is 0.580. The standard InChI is InChI=1S/C12H18O4/c1-5-8-10(13)9(11(14)16-6-2)7(3)12(8,4)15/h8,15H,5-6H2,1-4H3/t8?,12-/m1/s1. The number of esters is 1. The number of ketones is 1. The first-order valence-electron chi connectivity index (χ1n) is 5.52. The Morgan fingerprint density at radius 3 is 2.44 bits per heavy atom. The summed E-state index contributed by atoms with van der Waals surface area (Å²) in [6.07, 6.45) is 0.506. The van der Waals surface area contributed by atoms with Gasteiger partial charge in [-0.1, -0.05) is 6.92 Å². The first-order valence-corrected chi connectivity index (χ1v) is 5.52. The third-order valence-corrected chi connectivity index (χ3v) is 3.26. The monoisotopic (exact) mass is 226 g/mol. The van der Waals surface area contributed by atoms with Gasteiger partial charge in [-0.15, -0.1) is 0 Å². The van der Waals surface area contributed by atoms with Crippen LogP contribution in [0, 0.1) is 5.92 Å². The van der Waals surface area contributed by atoms with Gasteiger partial charge in [0, 0.05) is 0 Å². The molecular weight excluding hydrogens is 208 g/mol. The number of aliphatic hydroxyl groups is 1. The van der Waals surface area contributed by atoms with Crippen LogP contribution in [0.2, 0.25) is 0 Å². The van der Waals surface area contributed by atoms with Crippen molar-refractivity contribution in [1.82, 2.24) is 0 Å². The van der Waals surface area contributed by atoms with Gasteiger partial charge in [0.25, 0.3) is 0 Å². The fourth-order valence-corrected chi connectivity index (χ4v) is 2.17. The largest absolute Gasteiger partial charge is 0.462 e. The second-order valence-corrected chi connectivity index (χ2v) is 4.19. The molecule has 0 aromatic rings. The summed E-state index contributed by atoms with van der Waals surface area (Å²) in [4.78, 5) is 23.6. The van der Waals surface area contributed by atoms with Crippen LogP contribution in [0.15, 0.2) is 11.1 Å². The number of hydrogen-bond acceptors (Lipinski definition) is 4. The van der Waals surface area contributed by atoms with Crippen molar-refractivity contribution in [2.75, 3.05) is 6.61 Å². The maximum atomic E-state index is 12.0. The van der Waals surface area contributed by atoms with E-state index in [2.05, 4.69) is 0 Å². The van der Waals surface area contributed by atoms with E-state index in [4.69, 9.17) is 4.74 Å². The predicted molar refractivity (Wildman–Crippen MR) is 58.7 cm³/mol. The molecule has 0 bridgehead atoms. The Balaban J connectivity index is 3.14. The van der Waals surface area contributed by atoms with Gasteiger partial charge >= 0.3 is 5.97 Å². The second kappa shape index (κ2) is 4.37. The van der Waals surface area contributed by atoms with E-state index in [0.29, 0.717) is 12.0 Å². The minimum atomic E-state index is -1.23. The molecular formula is C12H18O4. The van der Waals surface area contributed by atoms with E-state index in [1.165, 1.54) is 0 Å². The molecule has 1 aliphatic rings. The van der Waals surface area contributed by atoms with E-state index >= 15 is 0 Å². The molecule has 0 heterocycles. The van der Waals surface area contributed by atoms with E-state index in [9.17, 15) is 14.7 Å². The normalized spacial score (nSPS) is 29.8. The Morgan fingerprint density at radius 1 is 1.50 bits per heavy atom. The molecule has 1 aliphatic carbocycles. The molecule has 16 heavy (non-hydrogen) atoms. The zero-order chi connectivity index (χ0) is 12.5. The van der Waals surface area contributed by atoms with Gasteiger partial charge in [-0.3, -0.25) is 4.79 Å². The van der Waals surface area contributed by atoms with Crippen LogP contribution < -0.4 is 0 Å². The third-order valence-electron chi connectivity index (χ3n) is 3.26. The van der Waals surface area contributed by atoms with E-state index in [1.807, 2.05) is 6.92 Å². The maximum absolute atomic E-state index is 12.0. The molecule has 2 atom stereocenters. The molecule has 0 fully saturated rings. The first kappa shape index (κ1) is 12.9. The van der Waals surface area contributed by atoms with Gasteiger partial charge in [0.05, 0.1) is 18.1 Å². The molecule has 0 spiro atoms. The van der Waals surface area contributed by atoms with E-state index in [-0.39, 0.29) is 18.0 Å². The Kier molecular flexibility index (Phi) is 3.53. The summed E-state index contributed by atoms with van der Waals surface area (Å²) < 4.78 is 4.82. The average molecular weight is 226 g/mol. The Morgan fingerprint density at radius 2 is 2.06 bits per heavy atom. The molecule has 0 amide bonds. The summed E-state index contributed by atoms with van der Waals surface area (Å²) in [5, 5.41) is 10.2. The topological polar surface area (TPSA) is 63.6 Å². The maximum Gasteiger partial charge on any atom is 0.341 e. The predicted octanol–water partition coefficient (Wildman–Crippen LogP) is 1.23. The van der Waals surface area contributed by atoms with Gasteiger partial charge in [0.15, 0.2) is 5.78 Å². The van der Waals surface area contributed by atoms with Crippen LogP contribution in [0.1, 0.15) is 34.1 Å². The highest BCUT2D eigenvalue weighted by atomic mass is 16.5. The fourth-order valence-electron chi connectivity index (χ4n) is 2.17. The van der Waals surface area contributed by atoms with E-state index in [0.717, 1.165) is 0 Å². The highest BCUT2D eigenvalue weighted by Crippen LogP contribution is 2.39. The fraction of sp³-hybridized carbons (Fsp3) is 0.667. The molecule has 0 aromatic heterocycles. The minimum absolute atomic E-state index is 0.0266. The summed E-state index contributed by atoms with van der Waals surface area (Å²) >= 11 is 0. The summed E-state index contributed by atoms with van der Waals surface area (Å²) in [6, 6.07) is 0. The van der Waals surface area contributed by atoms with Gasteiger partial charge in [-0.05, 0) is 32.8 Å². The molecule has 4 heteroatoms. The lowest BCUT2D eigenvalue weighted by atomic mass is 9.86. The number of hydrogen-bond donors (Lipinski definition) is 1. The third kappa shape index (κ3) is 1.78. The second-order valence-electron chi connectivity index (χ2n) is 4.19. The lowest BCUT2D eigenvalue weighted by Crippen LogP contribution is -2.34. The van der Waals surface area contributed by atoms with Crippen molar-refractivity contribution in [2.24, 2.45) is 5.92 Å². The molecule has 0 saturated heterocycles. The SMILES string of the molecule is CCOC(=O)C1=C(C)[C@@](C)(O)C(CC)C1=O. The molecule has 0 radical (unpaired) electrons. The van der Waals surface area contributed by atoms with Crippen LogP contribution >= 0.6 is 0 Å². The van der Waals surface area contributed by atoms with Crippen LogP contribution in [0.25, 0.3) is 0 Å². The van der Waals surface area contributed by atoms with Crippen LogP contribution in [-0.4, -0.2) is 29.1 Å². The van der Waals surface area contributed by atoms with Crippen LogP contribution in [-0.2, 0) is 14.3 Å². The number of rotatable bonds is 3. The number of carbonyl (C=O) groups excluding carboxylic acids is 2. The van der Waals surface area contributed by atoms with E-state index in [1.54, 1.807) is 20.8 Å². The zero-order valence-electron chi connectivity index (χ0n) is 10.2. The Labute approximate surface area is 95.3 Å². The van der Waals surface area contributed by atoms with Gasteiger partial charge in [-0.25, -0.2) is 4.79 Å². The smallest absolute Gasteiger partial charge is 0.341 e. The molecule has 0 aliphatic heterocycles. The van der Waals surface area contributed by atoms with Crippen molar-refractivity contribution in [3.63, 3.8) is 0 Å². The molecule has 0 aromatic carbocycles. The van der Waals surface area contributed by atoms with Crippen molar-refractivity contribution in [1.29, 1.82) is 0 Å². The first-order chi connectivity index (χ1) is 7.37. The molecule has 0 saturated carbocycles. The van der Waals surface area contributed by atoms with Gasteiger partial charge < -0.3 is 9.84 Å². The van der Waals surface area contributed by atoms with Crippen molar-refractivity contribution in [2.45, 2.75) is 39.7 Å². The van der Waals surface area contributed by atoms with Gasteiger partial charge in [0.2, 0.25) is 0 Å². The van der Waals surface area contributed by atoms with Crippen LogP contribution in [0.5, 0.6) is 0 Å². The van der Waals surface area contributed by atoms with Crippen molar-refractivity contribution >= 4 is 11.8 Å².